The molecule has 0 bridgehead atoms. The van der Waals surface area contributed by atoms with Crippen LogP contribution in [0.5, 0.6) is 0 Å². The fraction of sp³-hybridized carbons (Fsp3) is 0.130. The van der Waals surface area contributed by atoms with Gasteiger partial charge in [-0.1, -0.05) is 87.7 Å². The van der Waals surface area contributed by atoms with Crippen LogP contribution in [0.15, 0.2) is 87.3 Å². The lowest BCUT2D eigenvalue weighted by molar-refractivity contribution is -0.121. The van der Waals surface area contributed by atoms with Crippen LogP contribution in [0.1, 0.15) is 11.1 Å². The van der Waals surface area contributed by atoms with Gasteiger partial charge in [0.1, 0.15) is 4.90 Å². The van der Waals surface area contributed by atoms with Gasteiger partial charge in [-0.05, 0) is 36.2 Å². The van der Waals surface area contributed by atoms with E-state index in [1.54, 1.807) is 0 Å². The third-order valence-electron chi connectivity index (χ3n) is 4.62. The zero-order chi connectivity index (χ0) is 23.8. The summed E-state index contributed by atoms with van der Waals surface area (Å²) < 4.78 is 28.6. The molecule has 0 radical (unpaired) electrons. The van der Waals surface area contributed by atoms with Gasteiger partial charge in [-0.25, -0.2) is 13.8 Å². The lowest BCUT2D eigenvalue weighted by Gasteiger charge is -2.22. The highest BCUT2D eigenvalue weighted by Gasteiger charge is 2.28. The van der Waals surface area contributed by atoms with Crippen LogP contribution >= 0.6 is 39.1 Å². The minimum absolute atomic E-state index is 0.0245. The second kappa shape index (κ2) is 11.8. The van der Waals surface area contributed by atoms with Crippen molar-refractivity contribution in [3.05, 3.63) is 98.4 Å². The molecule has 0 fully saturated rings. The Balaban J connectivity index is 1.79. The Labute approximate surface area is 211 Å². The molecular formula is C23H20BrCl2N3O3S. The number of rotatable bonds is 9. The van der Waals surface area contributed by atoms with E-state index in [-0.39, 0.29) is 21.5 Å². The highest BCUT2D eigenvalue weighted by molar-refractivity contribution is 9.10. The summed E-state index contributed by atoms with van der Waals surface area (Å²) in [6.45, 7) is -0.373. The fourth-order valence-electron chi connectivity index (χ4n) is 2.95. The van der Waals surface area contributed by atoms with E-state index in [1.807, 2.05) is 54.6 Å². The number of hydrazone groups is 1. The summed E-state index contributed by atoms with van der Waals surface area (Å²) in [5.41, 5.74) is 4.07. The number of carbonyl (C=O) groups is 1. The Morgan fingerprint density at radius 1 is 1.03 bits per heavy atom. The average molecular weight is 569 g/mol. The molecule has 0 aliphatic carbocycles. The maximum Gasteiger partial charge on any atom is 0.255 e. The van der Waals surface area contributed by atoms with Crippen molar-refractivity contribution in [1.29, 1.82) is 0 Å². The van der Waals surface area contributed by atoms with Crippen LogP contribution in [0, 0.1) is 0 Å². The van der Waals surface area contributed by atoms with Crippen LogP contribution < -0.4 is 5.43 Å². The summed E-state index contributed by atoms with van der Waals surface area (Å²) >= 11 is 15.5. The quantitative estimate of drug-likeness (QED) is 0.287. The summed E-state index contributed by atoms with van der Waals surface area (Å²) in [6.07, 6.45) is 1.88. The Bertz CT molecular complexity index is 1250. The highest BCUT2D eigenvalue weighted by Crippen LogP contribution is 2.28. The van der Waals surface area contributed by atoms with Gasteiger partial charge in [0.15, 0.2) is 0 Å². The molecule has 3 aromatic carbocycles. The first kappa shape index (κ1) is 25.4. The molecule has 1 amide bonds. The smallest absolute Gasteiger partial charge is 0.255 e. The van der Waals surface area contributed by atoms with Crippen LogP contribution in [-0.2, 0) is 21.2 Å². The monoisotopic (exact) mass is 567 g/mol. The second-order valence-corrected chi connectivity index (χ2v) is 10.6. The van der Waals surface area contributed by atoms with Crippen LogP contribution in [-0.4, -0.2) is 37.9 Å². The Kier molecular flexibility index (Phi) is 9.05. The Hall–Kier alpha value is -2.23. The Morgan fingerprint density at radius 3 is 2.45 bits per heavy atom. The normalized spacial score (nSPS) is 11.8. The third kappa shape index (κ3) is 7.12. The van der Waals surface area contributed by atoms with E-state index in [9.17, 15) is 13.2 Å². The van der Waals surface area contributed by atoms with E-state index in [4.69, 9.17) is 23.2 Å². The molecule has 6 nitrogen and oxygen atoms in total. The lowest BCUT2D eigenvalue weighted by atomic mass is 10.1. The van der Waals surface area contributed by atoms with Crippen molar-refractivity contribution in [2.45, 2.75) is 11.3 Å². The van der Waals surface area contributed by atoms with Gasteiger partial charge in [0.05, 0.1) is 17.8 Å². The minimum atomic E-state index is -4.11. The van der Waals surface area contributed by atoms with Crippen LogP contribution in [0.25, 0.3) is 0 Å². The topological polar surface area (TPSA) is 78.8 Å². The van der Waals surface area contributed by atoms with Crippen LogP contribution in [0.4, 0.5) is 0 Å². The minimum Gasteiger partial charge on any atom is -0.272 e. The van der Waals surface area contributed by atoms with Crippen LogP contribution in [0.2, 0.25) is 10.0 Å². The number of amides is 1. The van der Waals surface area contributed by atoms with Gasteiger partial charge in [0.2, 0.25) is 10.0 Å². The number of benzene rings is 3. The van der Waals surface area contributed by atoms with Gasteiger partial charge in [0.25, 0.3) is 5.91 Å². The summed E-state index contributed by atoms with van der Waals surface area (Å²) in [7, 11) is -4.11. The number of hydrogen-bond acceptors (Lipinski definition) is 4. The lowest BCUT2D eigenvalue weighted by Crippen LogP contribution is -2.40. The maximum absolute atomic E-state index is 13.4. The number of sulfonamides is 1. The summed E-state index contributed by atoms with van der Waals surface area (Å²) in [6, 6.07) is 20.9. The van der Waals surface area contributed by atoms with Crippen molar-refractivity contribution in [3.8, 4) is 0 Å². The standard InChI is InChI=1S/C23H20BrCl2N3O3S/c24-20-9-5-4-8-18(20)15-27-28-23(30)16-29(13-12-17-6-2-1-3-7-17)33(31,32)22-14-19(25)10-11-21(22)26/h1-11,14-15H,12-13,16H2,(H,28,30)/b27-15-. The molecule has 0 unspecified atom stereocenters. The molecule has 0 heterocycles. The third-order valence-corrected chi connectivity index (χ3v) is 7.91. The largest absolute Gasteiger partial charge is 0.272 e. The molecule has 3 aromatic rings. The average Bonchev–Trinajstić information content (AvgIpc) is 2.80. The maximum atomic E-state index is 13.4. The van der Waals surface area contributed by atoms with E-state index in [2.05, 4.69) is 26.5 Å². The van der Waals surface area contributed by atoms with E-state index < -0.39 is 22.5 Å². The second-order valence-electron chi connectivity index (χ2n) is 6.96. The molecule has 10 heteroatoms. The van der Waals surface area contributed by atoms with E-state index >= 15 is 0 Å². The summed E-state index contributed by atoms with van der Waals surface area (Å²) in [4.78, 5) is 12.4. The van der Waals surface area contributed by atoms with Gasteiger partial charge in [0, 0.05) is 21.6 Å². The molecule has 0 spiro atoms. The van der Waals surface area contributed by atoms with Gasteiger partial charge >= 0.3 is 0 Å². The molecular weight excluding hydrogens is 549 g/mol. The van der Waals surface area contributed by atoms with Gasteiger partial charge in [-0.15, -0.1) is 0 Å². The number of halogens is 3. The zero-order valence-corrected chi connectivity index (χ0v) is 21.2. The number of carbonyl (C=O) groups excluding carboxylic acids is 1. The van der Waals surface area contributed by atoms with Gasteiger partial charge in [-0.2, -0.15) is 9.41 Å². The molecule has 0 atom stereocenters. The Morgan fingerprint density at radius 2 is 1.73 bits per heavy atom. The molecule has 0 aromatic heterocycles. The van der Waals surface area contributed by atoms with Crippen molar-refractivity contribution in [1.82, 2.24) is 9.73 Å². The predicted octanol–water partition coefficient (Wildman–Crippen LogP) is 5.14. The van der Waals surface area contributed by atoms with Crippen molar-refractivity contribution in [3.63, 3.8) is 0 Å². The summed E-state index contributed by atoms with van der Waals surface area (Å²) in [5.74, 6) is -0.590. The van der Waals surface area contributed by atoms with Crippen molar-refractivity contribution in [2.24, 2.45) is 5.10 Å². The molecule has 3 rings (SSSR count). The molecule has 0 saturated carbocycles. The SMILES string of the molecule is O=C(CN(CCc1ccccc1)S(=O)(=O)c1cc(Cl)ccc1Cl)N/N=C\c1ccccc1Br. The van der Waals surface area contributed by atoms with E-state index in [0.29, 0.717) is 6.42 Å². The van der Waals surface area contributed by atoms with Crippen molar-refractivity contribution < 1.29 is 13.2 Å². The van der Waals surface area contributed by atoms with E-state index in [0.717, 1.165) is 19.9 Å². The van der Waals surface area contributed by atoms with Crippen molar-refractivity contribution in [2.75, 3.05) is 13.1 Å². The molecule has 1 N–H and O–H groups in total. The first-order chi connectivity index (χ1) is 15.8. The van der Waals surface area contributed by atoms with Crippen molar-refractivity contribution >= 4 is 61.3 Å². The number of nitrogens with zero attached hydrogens (tertiary/aromatic N) is 2. The first-order valence-electron chi connectivity index (χ1n) is 9.83. The molecule has 172 valence electrons. The molecule has 0 aliphatic rings. The molecule has 0 saturated heterocycles. The number of hydrogen-bond donors (Lipinski definition) is 1. The first-order valence-corrected chi connectivity index (χ1v) is 12.8. The van der Waals surface area contributed by atoms with Crippen LogP contribution in [0.3, 0.4) is 0 Å². The highest BCUT2D eigenvalue weighted by atomic mass is 79.9. The van der Waals surface area contributed by atoms with E-state index in [1.165, 1.54) is 24.4 Å². The predicted molar refractivity (Wildman–Crippen MR) is 135 cm³/mol. The van der Waals surface area contributed by atoms with Gasteiger partial charge < -0.3 is 0 Å². The van der Waals surface area contributed by atoms with Gasteiger partial charge in [-0.3, -0.25) is 4.79 Å². The zero-order valence-electron chi connectivity index (χ0n) is 17.3. The molecule has 33 heavy (non-hydrogen) atoms. The molecule has 0 aliphatic heterocycles. The number of nitrogens with one attached hydrogen (secondary N) is 1. The fourth-order valence-corrected chi connectivity index (χ4v) is 5.47. The summed E-state index contributed by atoms with van der Waals surface area (Å²) in [5, 5.41) is 4.19.